The van der Waals surface area contributed by atoms with E-state index >= 15 is 0 Å². The Balaban J connectivity index is 1.73. The van der Waals surface area contributed by atoms with Crippen molar-refractivity contribution in [2.45, 2.75) is 38.0 Å². The Bertz CT molecular complexity index is 1760. The van der Waals surface area contributed by atoms with Gasteiger partial charge in [-0.15, -0.1) is 0 Å². The van der Waals surface area contributed by atoms with Crippen molar-refractivity contribution in [2.75, 3.05) is 11.4 Å². The van der Waals surface area contributed by atoms with Gasteiger partial charge in [-0.3, -0.25) is 19.3 Å². The monoisotopic (exact) mass is 621 g/mol. The van der Waals surface area contributed by atoms with E-state index in [2.05, 4.69) is 27.2 Å². The minimum atomic E-state index is -4.84. The SMILES string of the molecule is C=CC(=O)N[C@H](C)c1nn(-c2ccccc2)c2c1[C@@H](c1ccc(F)cc1)[C@H](NC(=O)c1nccc(C(F)(F)F)n1)C(=O)N2CC. The second-order valence-electron chi connectivity index (χ2n) is 10.1. The van der Waals surface area contributed by atoms with Crippen LogP contribution in [0.15, 0.2) is 79.5 Å². The van der Waals surface area contributed by atoms with Gasteiger partial charge in [0.25, 0.3) is 11.8 Å². The quantitative estimate of drug-likeness (QED) is 0.221. The molecule has 1 aliphatic rings. The van der Waals surface area contributed by atoms with E-state index in [4.69, 9.17) is 5.10 Å². The van der Waals surface area contributed by atoms with Crippen LogP contribution in [0, 0.1) is 5.82 Å². The van der Waals surface area contributed by atoms with Gasteiger partial charge < -0.3 is 10.6 Å². The van der Waals surface area contributed by atoms with Crippen LogP contribution < -0.4 is 15.5 Å². The Morgan fingerprint density at radius 3 is 2.40 bits per heavy atom. The third-order valence-electron chi connectivity index (χ3n) is 7.29. The van der Waals surface area contributed by atoms with E-state index in [-0.39, 0.29) is 6.54 Å². The Morgan fingerprint density at radius 1 is 1.09 bits per heavy atom. The van der Waals surface area contributed by atoms with Gasteiger partial charge in [0.05, 0.1) is 17.4 Å². The summed E-state index contributed by atoms with van der Waals surface area (Å²) in [6.45, 7) is 6.99. The minimum Gasteiger partial charge on any atom is -0.344 e. The molecule has 3 atom stereocenters. The average molecular weight is 622 g/mol. The molecule has 0 radical (unpaired) electrons. The van der Waals surface area contributed by atoms with E-state index in [9.17, 15) is 31.9 Å². The number of alkyl halides is 3. The van der Waals surface area contributed by atoms with Gasteiger partial charge in [0, 0.05) is 24.2 Å². The highest BCUT2D eigenvalue weighted by atomic mass is 19.4. The fourth-order valence-corrected chi connectivity index (χ4v) is 5.30. The number of hydrogen-bond donors (Lipinski definition) is 2. The molecule has 2 aromatic carbocycles. The summed E-state index contributed by atoms with van der Waals surface area (Å²) in [6, 6.07) is 12.6. The van der Waals surface area contributed by atoms with Gasteiger partial charge in [-0.1, -0.05) is 36.9 Å². The number of hydrogen-bond acceptors (Lipinski definition) is 6. The summed E-state index contributed by atoms with van der Waals surface area (Å²) < 4.78 is 55.7. The van der Waals surface area contributed by atoms with Crippen molar-refractivity contribution in [1.29, 1.82) is 0 Å². The molecule has 2 N–H and O–H groups in total. The van der Waals surface area contributed by atoms with Crippen LogP contribution in [0.1, 0.15) is 58.9 Å². The zero-order valence-corrected chi connectivity index (χ0v) is 24.0. The molecule has 0 fully saturated rings. The molecule has 0 saturated carbocycles. The van der Waals surface area contributed by atoms with E-state index in [1.54, 1.807) is 48.9 Å². The van der Waals surface area contributed by atoms with Crippen LogP contribution in [-0.2, 0) is 15.8 Å². The van der Waals surface area contributed by atoms with Gasteiger partial charge in [0.2, 0.25) is 11.7 Å². The number of anilines is 1. The lowest BCUT2D eigenvalue weighted by Gasteiger charge is -2.38. The predicted octanol–water partition coefficient (Wildman–Crippen LogP) is 4.48. The minimum absolute atomic E-state index is 0.111. The molecule has 232 valence electrons. The maximum absolute atomic E-state index is 14.2. The number of carbonyl (C=O) groups excluding carboxylic acids is 3. The number of fused-ring (bicyclic) bond motifs is 1. The first-order valence-corrected chi connectivity index (χ1v) is 13.8. The van der Waals surface area contributed by atoms with E-state index in [1.165, 1.54) is 29.2 Å². The smallest absolute Gasteiger partial charge is 0.344 e. The number of para-hydroxylation sites is 1. The van der Waals surface area contributed by atoms with Gasteiger partial charge >= 0.3 is 6.18 Å². The summed E-state index contributed by atoms with van der Waals surface area (Å²) in [5.74, 6) is -4.26. The van der Waals surface area contributed by atoms with Crippen LogP contribution >= 0.6 is 0 Å². The molecule has 5 rings (SSSR count). The molecule has 2 aromatic heterocycles. The summed E-state index contributed by atoms with van der Waals surface area (Å²) in [5.41, 5.74) is 0.417. The van der Waals surface area contributed by atoms with Crippen LogP contribution in [0.25, 0.3) is 5.69 Å². The first-order valence-electron chi connectivity index (χ1n) is 13.8. The van der Waals surface area contributed by atoms with Crippen LogP contribution in [0.4, 0.5) is 23.4 Å². The molecule has 10 nitrogen and oxygen atoms in total. The molecule has 0 aliphatic carbocycles. The molecule has 1 aliphatic heterocycles. The molecule has 0 spiro atoms. The first-order chi connectivity index (χ1) is 21.4. The van der Waals surface area contributed by atoms with Crippen molar-refractivity contribution >= 4 is 23.5 Å². The van der Waals surface area contributed by atoms with E-state index in [0.29, 0.717) is 34.4 Å². The predicted molar refractivity (Wildman–Crippen MR) is 155 cm³/mol. The fourth-order valence-electron chi connectivity index (χ4n) is 5.30. The molecule has 45 heavy (non-hydrogen) atoms. The number of halogens is 4. The molecular formula is C31H27F4N7O3. The Kier molecular flexibility index (Phi) is 8.49. The maximum Gasteiger partial charge on any atom is 0.433 e. The maximum atomic E-state index is 14.2. The molecule has 3 heterocycles. The third-order valence-corrected chi connectivity index (χ3v) is 7.29. The molecule has 4 aromatic rings. The van der Waals surface area contributed by atoms with Crippen molar-refractivity contribution < 1.29 is 31.9 Å². The Labute approximate surface area is 254 Å². The number of rotatable bonds is 8. The molecule has 0 unspecified atom stereocenters. The zero-order valence-electron chi connectivity index (χ0n) is 24.0. The van der Waals surface area contributed by atoms with Gasteiger partial charge in [-0.2, -0.15) is 18.3 Å². The number of nitrogens with one attached hydrogen (secondary N) is 2. The first kappa shape index (κ1) is 31.0. The summed E-state index contributed by atoms with van der Waals surface area (Å²) >= 11 is 0. The standard InChI is InChI=1S/C31H27F4N7O3/c1-4-22(43)37-17(3)25-24-23(18-11-13-19(32)14-12-18)26(39-28(44)27-36-16-15-21(38-27)31(33,34)35)30(45)41(5-2)29(24)42(40-25)20-9-7-6-8-10-20/h4,6-17,23,26H,1,5H2,2-3H3,(H,37,43)(H,39,44)/t17-,23-,26+/m1/s1. The Hall–Kier alpha value is -5.40. The van der Waals surface area contributed by atoms with Crippen LogP contribution in [0.2, 0.25) is 0 Å². The lowest BCUT2D eigenvalue weighted by Crippen LogP contribution is -2.55. The largest absolute Gasteiger partial charge is 0.433 e. The summed E-state index contributed by atoms with van der Waals surface area (Å²) in [7, 11) is 0. The summed E-state index contributed by atoms with van der Waals surface area (Å²) in [4.78, 5) is 48.4. The van der Waals surface area contributed by atoms with Gasteiger partial charge in [-0.05, 0) is 55.8 Å². The lowest BCUT2D eigenvalue weighted by molar-refractivity contribution is -0.141. The van der Waals surface area contributed by atoms with Crippen molar-refractivity contribution in [2.24, 2.45) is 0 Å². The number of nitrogens with zero attached hydrogens (tertiary/aromatic N) is 5. The highest BCUT2D eigenvalue weighted by Gasteiger charge is 2.47. The second kappa shape index (κ2) is 12.3. The zero-order chi connectivity index (χ0) is 32.5. The topological polar surface area (TPSA) is 122 Å². The summed E-state index contributed by atoms with van der Waals surface area (Å²) in [6.07, 6.45) is -2.95. The van der Waals surface area contributed by atoms with E-state index in [1.807, 2.05) is 0 Å². The number of benzene rings is 2. The average Bonchev–Trinajstić information content (AvgIpc) is 3.42. The number of likely N-dealkylation sites (N-methyl/N-ethyl adjacent to an activating group) is 1. The van der Waals surface area contributed by atoms with Crippen LogP contribution in [-0.4, -0.2) is 50.1 Å². The number of aromatic nitrogens is 4. The summed E-state index contributed by atoms with van der Waals surface area (Å²) in [5, 5.41) is 10.1. The molecule has 14 heteroatoms. The lowest BCUT2D eigenvalue weighted by atomic mass is 9.80. The van der Waals surface area contributed by atoms with Crippen LogP contribution in [0.5, 0.6) is 0 Å². The normalized spacial score (nSPS) is 16.9. The van der Waals surface area contributed by atoms with E-state index < -0.39 is 59.2 Å². The van der Waals surface area contributed by atoms with Crippen molar-refractivity contribution in [3.05, 3.63) is 114 Å². The second-order valence-corrected chi connectivity index (χ2v) is 10.1. The molecule has 3 amide bonds. The van der Waals surface area contributed by atoms with Crippen molar-refractivity contribution in [3.8, 4) is 5.69 Å². The van der Waals surface area contributed by atoms with Crippen molar-refractivity contribution in [3.63, 3.8) is 0 Å². The van der Waals surface area contributed by atoms with Crippen LogP contribution in [0.3, 0.4) is 0 Å². The highest BCUT2D eigenvalue weighted by molar-refractivity contribution is 6.04. The number of carbonyl (C=O) groups is 3. The molecule has 0 saturated heterocycles. The molecule has 0 bridgehead atoms. The van der Waals surface area contributed by atoms with Crippen molar-refractivity contribution in [1.82, 2.24) is 30.4 Å². The van der Waals surface area contributed by atoms with E-state index in [0.717, 1.165) is 12.3 Å². The fraction of sp³-hybridized carbons (Fsp3) is 0.226. The number of amides is 3. The molecular weight excluding hydrogens is 594 g/mol. The Morgan fingerprint density at radius 2 is 1.78 bits per heavy atom. The van der Waals surface area contributed by atoms with Gasteiger partial charge in [0.15, 0.2) is 0 Å². The van der Waals surface area contributed by atoms with Gasteiger partial charge in [0.1, 0.15) is 23.4 Å². The highest BCUT2D eigenvalue weighted by Crippen LogP contribution is 2.45. The third kappa shape index (κ3) is 6.03. The van der Waals surface area contributed by atoms with Gasteiger partial charge in [-0.25, -0.2) is 19.0 Å².